The van der Waals surface area contributed by atoms with E-state index in [2.05, 4.69) is 106 Å². The van der Waals surface area contributed by atoms with Crippen LogP contribution in [0.5, 0.6) is 0 Å². The third-order valence-electron chi connectivity index (χ3n) is 5.81. The quantitative estimate of drug-likeness (QED) is 0.306. The first-order chi connectivity index (χ1) is 13.8. The monoisotopic (exact) mass is 360 g/mol. The number of aromatic nitrogens is 2. The number of benzene rings is 3. The van der Waals surface area contributed by atoms with Crippen LogP contribution < -0.4 is 0 Å². The van der Waals surface area contributed by atoms with Gasteiger partial charge < -0.3 is 9.13 Å². The first kappa shape index (κ1) is 15.5. The van der Waals surface area contributed by atoms with Gasteiger partial charge in [0.2, 0.25) is 0 Å². The SMILES string of the molecule is C1=C\c2cc3ccccc3n2Cc2ccc(cc2)Cn2c/1cc1ccccc12. The largest absolute Gasteiger partial charge is 0.336 e. The zero-order valence-corrected chi connectivity index (χ0v) is 15.5. The Morgan fingerprint density at radius 3 is 1.39 bits per heavy atom. The zero-order valence-electron chi connectivity index (χ0n) is 15.5. The maximum Gasteiger partial charge on any atom is 0.0488 e. The molecule has 2 bridgehead atoms. The van der Waals surface area contributed by atoms with Crippen molar-refractivity contribution in [3.8, 4) is 0 Å². The summed E-state index contributed by atoms with van der Waals surface area (Å²) in [5.41, 5.74) is 7.70. The highest BCUT2D eigenvalue weighted by molar-refractivity contribution is 5.88. The minimum Gasteiger partial charge on any atom is -0.336 e. The lowest BCUT2D eigenvalue weighted by molar-refractivity contribution is 0.810. The number of rotatable bonds is 0. The van der Waals surface area contributed by atoms with E-state index in [0.29, 0.717) is 0 Å². The Morgan fingerprint density at radius 2 is 0.929 bits per heavy atom. The van der Waals surface area contributed by atoms with E-state index in [4.69, 9.17) is 0 Å². The molecule has 0 aliphatic carbocycles. The van der Waals surface area contributed by atoms with Crippen molar-refractivity contribution in [1.82, 2.24) is 9.13 Å². The van der Waals surface area contributed by atoms with Gasteiger partial charge in [0.15, 0.2) is 0 Å². The molecule has 2 heteroatoms. The Morgan fingerprint density at radius 1 is 0.500 bits per heavy atom. The number of hydrogen-bond donors (Lipinski definition) is 0. The fourth-order valence-electron chi connectivity index (χ4n) is 4.38. The topological polar surface area (TPSA) is 9.86 Å². The maximum absolute atomic E-state index is 2.41. The summed E-state index contributed by atoms with van der Waals surface area (Å²) >= 11 is 0. The molecule has 0 spiro atoms. The van der Waals surface area contributed by atoms with Crippen LogP contribution in [0.3, 0.4) is 0 Å². The molecular formula is C26H20N2. The summed E-state index contributed by atoms with van der Waals surface area (Å²) in [6.07, 6.45) is 4.53. The van der Waals surface area contributed by atoms with Crippen molar-refractivity contribution >= 4 is 34.0 Å². The molecule has 134 valence electrons. The molecule has 4 heterocycles. The van der Waals surface area contributed by atoms with Gasteiger partial charge in [0.25, 0.3) is 0 Å². The molecule has 0 fully saturated rings. The van der Waals surface area contributed by atoms with Gasteiger partial charge in [-0.2, -0.15) is 0 Å². The van der Waals surface area contributed by atoms with E-state index in [1.54, 1.807) is 0 Å². The minimum atomic E-state index is 0.885. The first-order valence-corrected chi connectivity index (χ1v) is 9.78. The van der Waals surface area contributed by atoms with Crippen LogP contribution in [0.15, 0.2) is 84.9 Å². The smallest absolute Gasteiger partial charge is 0.0488 e. The summed E-state index contributed by atoms with van der Waals surface area (Å²) in [5.74, 6) is 0. The second-order valence-corrected chi connectivity index (χ2v) is 7.58. The van der Waals surface area contributed by atoms with Gasteiger partial charge in [-0.3, -0.25) is 0 Å². The summed E-state index contributed by atoms with van der Waals surface area (Å²) in [7, 11) is 0. The van der Waals surface area contributed by atoms with Gasteiger partial charge in [-0.25, -0.2) is 0 Å². The lowest BCUT2D eigenvalue weighted by Crippen LogP contribution is -2.05. The number of para-hydroxylation sites is 2. The molecule has 2 aromatic heterocycles. The standard InChI is InChI=1S/C26H20N2/c1-3-7-25-21(5-1)15-23-13-14-24-16-22-6-2-4-8-26(22)28(24)18-20-11-9-19(10-12-20)17-27(23)25/h1-16H,17-18H2/b14-13-. The van der Waals surface area contributed by atoms with E-state index >= 15 is 0 Å². The van der Waals surface area contributed by atoms with E-state index in [1.807, 2.05) is 0 Å². The van der Waals surface area contributed by atoms with Crippen LogP contribution in [0.4, 0.5) is 0 Å². The van der Waals surface area contributed by atoms with Gasteiger partial charge in [-0.15, -0.1) is 0 Å². The Balaban J connectivity index is 1.64. The Bertz CT molecular complexity index is 1240. The van der Waals surface area contributed by atoms with Gasteiger partial charge in [0.05, 0.1) is 0 Å². The molecule has 0 N–H and O–H groups in total. The van der Waals surface area contributed by atoms with Crippen LogP contribution in [-0.4, -0.2) is 9.13 Å². The zero-order chi connectivity index (χ0) is 18.5. The van der Waals surface area contributed by atoms with Crippen LogP contribution in [0, 0.1) is 0 Å². The van der Waals surface area contributed by atoms with Crippen molar-refractivity contribution in [2.45, 2.75) is 13.1 Å². The van der Waals surface area contributed by atoms with Gasteiger partial charge in [-0.1, -0.05) is 60.7 Å². The highest BCUT2D eigenvalue weighted by Crippen LogP contribution is 2.27. The summed E-state index contributed by atoms with van der Waals surface area (Å²) in [6, 6.07) is 30.9. The molecular weight excluding hydrogens is 340 g/mol. The van der Waals surface area contributed by atoms with Crippen molar-refractivity contribution < 1.29 is 0 Å². The summed E-state index contributed by atoms with van der Waals surface area (Å²) in [5, 5.41) is 2.57. The van der Waals surface area contributed by atoms with Crippen molar-refractivity contribution in [2.24, 2.45) is 0 Å². The molecule has 0 amide bonds. The molecule has 0 radical (unpaired) electrons. The van der Waals surface area contributed by atoms with Crippen molar-refractivity contribution in [3.05, 3.63) is 107 Å². The molecule has 2 aliphatic heterocycles. The molecule has 0 saturated carbocycles. The second-order valence-electron chi connectivity index (χ2n) is 7.58. The first-order valence-electron chi connectivity index (χ1n) is 9.78. The van der Waals surface area contributed by atoms with Gasteiger partial charge >= 0.3 is 0 Å². The highest BCUT2D eigenvalue weighted by Gasteiger charge is 2.11. The van der Waals surface area contributed by atoms with Crippen LogP contribution in [0.1, 0.15) is 22.5 Å². The number of hydrogen-bond acceptors (Lipinski definition) is 0. The molecule has 7 rings (SSSR count). The van der Waals surface area contributed by atoms with Crippen LogP contribution in [-0.2, 0) is 13.1 Å². The van der Waals surface area contributed by atoms with E-state index in [9.17, 15) is 0 Å². The molecule has 2 aliphatic rings. The minimum absolute atomic E-state index is 0.885. The predicted molar refractivity (Wildman–Crippen MR) is 117 cm³/mol. The molecule has 0 atom stereocenters. The van der Waals surface area contributed by atoms with Gasteiger partial charge in [-0.05, 0) is 47.5 Å². The molecule has 0 unspecified atom stereocenters. The summed E-state index contributed by atoms with van der Waals surface area (Å²) < 4.78 is 4.82. The molecule has 2 nitrogen and oxygen atoms in total. The number of nitrogens with zero attached hydrogens (tertiary/aromatic N) is 2. The Labute approximate surface area is 164 Å². The van der Waals surface area contributed by atoms with Crippen LogP contribution in [0.2, 0.25) is 0 Å². The molecule has 3 aromatic carbocycles. The predicted octanol–water partition coefficient (Wildman–Crippen LogP) is 6.18. The fourth-order valence-corrected chi connectivity index (χ4v) is 4.38. The number of fused-ring (bicyclic) bond motifs is 4. The van der Waals surface area contributed by atoms with Gasteiger partial charge in [0.1, 0.15) is 0 Å². The third kappa shape index (κ3) is 2.42. The Hall–Kier alpha value is -3.52. The second kappa shape index (κ2) is 6.00. The van der Waals surface area contributed by atoms with Crippen LogP contribution >= 0.6 is 0 Å². The normalized spacial score (nSPS) is 14.4. The Kier molecular flexibility index (Phi) is 3.33. The lowest BCUT2D eigenvalue weighted by Gasteiger charge is -2.13. The molecule has 0 saturated heterocycles. The van der Waals surface area contributed by atoms with Crippen molar-refractivity contribution in [2.75, 3.05) is 0 Å². The van der Waals surface area contributed by atoms with E-state index < -0.39 is 0 Å². The maximum atomic E-state index is 2.41. The molecule has 5 aromatic rings. The summed E-state index contributed by atoms with van der Waals surface area (Å²) in [4.78, 5) is 0. The van der Waals surface area contributed by atoms with Crippen LogP contribution in [0.25, 0.3) is 34.0 Å². The van der Waals surface area contributed by atoms with E-state index in [1.165, 1.54) is 44.3 Å². The molecule has 28 heavy (non-hydrogen) atoms. The average molecular weight is 360 g/mol. The average Bonchev–Trinajstić information content (AvgIpc) is 3.25. The van der Waals surface area contributed by atoms with Crippen molar-refractivity contribution in [1.29, 1.82) is 0 Å². The van der Waals surface area contributed by atoms with E-state index in [-0.39, 0.29) is 0 Å². The van der Waals surface area contributed by atoms with E-state index in [0.717, 1.165) is 13.1 Å². The summed E-state index contributed by atoms with van der Waals surface area (Å²) in [6.45, 7) is 1.77. The fraction of sp³-hybridized carbons (Fsp3) is 0.0769. The van der Waals surface area contributed by atoms with Crippen molar-refractivity contribution in [3.63, 3.8) is 0 Å². The lowest BCUT2D eigenvalue weighted by atomic mass is 10.1. The highest BCUT2D eigenvalue weighted by atomic mass is 15.0. The van der Waals surface area contributed by atoms with Gasteiger partial charge in [0, 0.05) is 46.3 Å². The third-order valence-corrected chi connectivity index (χ3v) is 5.81.